The number of hydrogen-bond acceptors (Lipinski definition) is 3. The third-order valence-electron chi connectivity index (χ3n) is 2.03. The van der Waals surface area contributed by atoms with Crippen LogP contribution in [0.4, 0.5) is 0 Å². The minimum atomic E-state index is -0.345. The molecule has 2 amide bonds. The molecule has 0 unspecified atom stereocenters. The van der Waals surface area contributed by atoms with Crippen molar-refractivity contribution < 1.29 is 9.59 Å². The molecule has 0 aliphatic carbocycles. The van der Waals surface area contributed by atoms with Crippen LogP contribution in [0.3, 0.4) is 0 Å². The van der Waals surface area contributed by atoms with Crippen molar-refractivity contribution in [3.05, 3.63) is 17.5 Å². The number of amides is 2. The molecule has 1 aromatic rings. The molecule has 0 aliphatic heterocycles. The summed E-state index contributed by atoms with van der Waals surface area (Å²) >= 11 is 0. The lowest BCUT2D eigenvalue weighted by molar-refractivity contribution is -0.120. The summed E-state index contributed by atoms with van der Waals surface area (Å²) in [4.78, 5) is 22.6. The molecule has 6 heteroatoms. The molecule has 1 heterocycles. The number of aryl methyl sites for hydroxylation is 1. The molecule has 1 rings (SSSR count). The lowest BCUT2D eigenvalue weighted by Gasteiger charge is -2.02. The average Bonchev–Trinajstić information content (AvgIpc) is 2.75. The molecule has 0 fully saturated rings. The van der Waals surface area contributed by atoms with Crippen LogP contribution in [0.1, 0.15) is 30.0 Å². The molecule has 0 aromatic carbocycles. The van der Waals surface area contributed by atoms with Gasteiger partial charge < -0.3 is 10.6 Å². The molecule has 3 N–H and O–H groups in total. The second-order valence-corrected chi connectivity index (χ2v) is 3.27. The molecule has 0 aliphatic rings. The van der Waals surface area contributed by atoms with Crippen LogP contribution in [0.2, 0.25) is 0 Å². The molecular formula is C10H16N4O2. The van der Waals surface area contributed by atoms with Crippen LogP contribution in [0.15, 0.2) is 6.07 Å². The number of likely N-dealkylation sites (N-methyl/N-ethyl adjacent to an activating group) is 1. The van der Waals surface area contributed by atoms with Gasteiger partial charge >= 0.3 is 0 Å². The highest BCUT2D eigenvalue weighted by Gasteiger charge is 2.10. The maximum absolute atomic E-state index is 11.5. The molecule has 0 spiro atoms. The van der Waals surface area contributed by atoms with Crippen LogP contribution in [-0.4, -0.2) is 35.1 Å². The summed E-state index contributed by atoms with van der Waals surface area (Å²) in [6.45, 7) is 4.31. The summed E-state index contributed by atoms with van der Waals surface area (Å²) < 4.78 is 0. The maximum Gasteiger partial charge on any atom is 0.272 e. The lowest BCUT2D eigenvalue weighted by atomic mass is 10.3. The fraction of sp³-hybridized carbons (Fsp3) is 0.500. The van der Waals surface area contributed by atoms with E-state index in [0.29, 0.717) is 12.2 Å². The summed E-state index contributed by atoms with van der Waals surface area (Å²) in [5, 5.41) is 11.7. The van der Waals surface area contributed by atoms with Gasteiger partial charge in [-0.05, 0) is 19.4 Å². The highest BCUT2D eigenvalue weighted by Crippen LogP contribution is 1.99. The number of H-pyrrole nitrogens is 1. The predicted octanol–water partition coefficient (Wildman–Crippen LogP) is -0.162. The number of nitrogens with zero attached hydrogens (tertiary/aromatic N) is 1. The third kappa shape index (κ3) is 3.38. The van der Waals surface area contributed by atoms with Crippen molar-refractivity contribution in [3.8, 4) is 0 Å². The van der Waals surface area contributed by atoms with Gasteiger partial charge in [0.15, 0.2) is 0 Å². The number of carbonyl (C=O) groups excluding carboxylic acids is 2. The molecular weight excluding hydrogens is 208 g/mol. The zero-order valence-electron chi connectivity index (χ0n) is 9.46. The Morgan fingerprint density at radius 1 is 1.38 bits per heavy atom. The normalized spacial score (nSPS) is 9.88. The summed E-state index contributed by atoms with van der Waals surface area (Å²) in [6.07, 6.45) is 0.788. The van der Waals surface area contributed by atoms with Crippen molar-refractivity contribution in [1.82, 2.24) is 20.8 Å². The van der Waals surface area contributed by atoms with Crippen molar-refractivity contribution in [3.63, 3.8) is 0 Å². The van der Waals surface area contributed by atoms with Crippen LogP contribution in [0, 0.1) is 0 Å². The van der Waals surface area contributed by atoms with E-state index in [4.69, 9.17) is 0 Å². The van der Waals surface area contributed by atoms with Crippen LogP contribution in [0.25, 0.3) is 0 Å². The first kappa shape index (κ1) is 12.2. The van der Waals surface area contributed by atoms with Crippen LogP contribution >= 0.6 is 0 Å². The number of aromatic nitrogens is 2. The molecule has 0 saturated carbocycles. The first-order chi connectivity index (χ1) is 7.67. The van der Waals surface area contributed by atoms with Crippen LogP contribution < -0.4 is 10.6 Å². The second kappa shape index (κ2) is 5.89. The van der Waals surface area contributed by atoms with Crippen molar-refractivity contribution in [2.45, 2.75) is 20.3 Å². The fourth-order valence-electron chi connectivity index (χ4n) is 1.17. The first-order valence-corrected chi connectivity index (χ1v) is 5.26. The minimum Gasteiger partial charge on any atom is -0.355 e. The Kier molecular flexibility index (Phi) is 4.50. The quantitative estimate of drug-likeness (QED) is 0.649. The van der Waals surface area contributed by atoms with E-state index in [1.807, 2.05) is 13.8 Å². The highest BCUT2D eigenvalue weighted by molar-refractivity contribution is 5.94. The Morgan fingerprint density at radius 3 is 2.69 bits per heavy atom. The van der Waals surface area contributed by atoms with Crippen molar-refractivity contribution in [1.29, 1.82) is 0 Å². The largest absolute Gasteiger partial charge is 0.355 e. The molecule has 16 heavy (non-hydrogen) atoms. The van der Waals surface area contributed by atoms with E-state index in [1.54, 1.807) is 6.07 Å². The zero-order valence-corrected chi connectivity index (χ0v) is 9.46. The molecule has 0 bridgehead atoms. The number of aromatic amines is 1. The van der Waals surface area contributed by atoms with E-state index < -0.39 is 0 Å². The van der Waals surface area contributed by atoms with E-state index in [-0.39, 0.29) is 18.4 Å². The van der Waals surface area contributed by atoms with Crippen molar-refractivity contribution in [2.24, 2.45) is 0 Å². The number of hydrogen-bond donors (Lipinski definition) is 3. The van der Waals surface area contributed by atoms with Gasteiger partial charge in [-0.3, -0.25) is 14.7 Å². The predicted molar refractivity (Wildman–Crippen MR) is 59.0 cm³/mol. The van der Waals surface area contributed by atoms with Gasteiger partial charge in [-0.2, -0.15) is 5.10 Å². The van der Waals surface area contributed by atoms with Gasteiger partial charge in [0.05, 0.1) is 6.54 Å². The van der Waals surface area contributed by atoms with Gasteiger partial charge in [-0.25, -0.2) is 0 Å². The number of carbonyl (C=O) groups is 2. The maximum atomic E-state index is 11.5. The SMILES string of the molecule is CCNC(=O)CNC(=O)c1cc(CC)[nH]n1. The van der Waals surface area contributed by atoms with E-state index in [0.717, 1.165) is 12.1 Å². The average molecular weight is 224 g/mol. The van der Waals surface area contributed by atoms with Gasteiger partial charge in [-0.15, -0.1) is 0 Å². The topological polar surface area (TPSA) is 86.9 Å². The Hall–Kier alpha value is -1.85. The van der Waals surface area contributed by atoms with E-state index >= 15 is 0 Å². The molecule has 0 atom stereocenters. The number of rotatable bonds is 5. The Morgan fingerprint density at radius 2 is 2.12 bits per heavy atom. The number of nitrogens with one attached hydrogen (secondary N) is 3. The van der Waals surface area contributed by atoms with Crippen molar-refractivity contribution in [2.75, 3.05) is 13.1 Å². The second-order valence-electron chi connectivity index (χ2n) is 3.27. The van der Waals surface area contributed by atoms with Crippen LogP contribution in [-0.2, 0) is 11.2 Å². The standard InChI is InChI=1S/C10H16N4O2/c1-3-7-5-8(14-13-7)10(16)12-6-9(15)11-4-2/h5H,3-4,6H2,1-2H3,(H,11,15)(H,12,16)(H,13,14). The van der Waals surface area contributed by atoms with E-state index in [2.05, 4.69) is 20.8 Å². The summed E-state index contributed by atoms with van der Waals surface area (Å²) in [5.74, 6) is -0.552. The zero-order chi connectivity index (χ0) is 12.0. The van der Waals surface area contributed by atoms with E-state index in [9.17, 15) is 9.59 Å². The lowest BCUT2D eigenvalue weighted by Crippen LogP contribution is -2.36. The smallest absolute Gasteiger partial charge is 0.272 e. The van der Waals surface area contributed by atoms with Gasteiger partial charge in [0.2, 0.25) is 5.91 Å². The summed E-state index contributed by atoms with van der Waals surface area (Å²) in [6, 6.07) is 1.67. The Balaban J connectivity index is 2.43. The van der Waals surface area contributed by atoms with Crippen LogP contribution in [0.5, 0.6) is 0 Å². The Bertz CT molecular complexity index is 373. The van der Waals surface area contributed by atoms with E-state index in [1.165, 1.54) is 0 Å². The Labute approximate surface area is 93.8 Å². The molecule has 0 radical (unpaired) electrons. The van der Waals surface area contributed by atoms with Crippen molar-refractivity contribution >= 4 is 11.8 Å². The fourth-order valence-corrected chi connectivity index (χ4v) is 1.17. The molecule has 6 nitrogen and oxygen atoms in total. The summed E-state index contributed by atoms with van der Waals surface area (Å²) in [5.41, 5.74) is 1.20. The van der Waals surface area contributed by atoms with Gasteiger partial charge in [0.25, 0.3) is 5.91 Å². The van der Waals surface area contributed by atoms with Gasteiger partial charge in [-0.1, -0.05) is 6.92 Å². The monoisotopic (exact) mass is 224 g/mol. The van der Waals surface area contributed by atoms with Gasteiger partial charge in [0.1, 0.15) is 5.69 Å². The highest BCUT2D eigenvalue weighted by atomic mass is 16.2. The molecule has 0 saturated heterocycles. The third-order valence-corrected chi connectivity index (χ3v) is 2.03. The summed E-state index contributed by atoms with van der Waals surface area (Å²) in [7, 11) is 0. The van der Waals surface area contributed by atoms with Gasteiger partial charge in [0, 0.05) is 12.2 Å². The minimum absolute atomic E-state index is 0.0268. The molecule has 1 aromatic heterocycles. The first-order valence-electron chi connectivity index (χ1n) is 5.26. The molecule has 88 valence electrons.